The molecule has 3 nitrogen and oxygen atoms in total. The number of aliphatic hydroxyl groups excluding tert-OH is 1. The first-order valence-electron chi connectivity index (χ1n) is 8.59. The molecule has 1 N–H and O–H groups in total. The van der Waals surface area contributed by atoms with E-state index < -0.39 is 6.10 Å². The quantitative estimate of drug-likeness (QED) is 0.911. The van der Waals surface area contributed by atoms with Gasteiger partial charge < -0.3 is 10.0 Å². The Hall–Kier alpha value is -1.91. The third kappa shape index (κ3) is 4.34. The summed E-state index contributed by atoms with van der Waals surface area (Å²) in [5, 5.41) is 10.3. The van der Waals surface area contributed by atoms with Gasteiger partial charge in [-0.3, -0.25) is 4.90 Å². The third-order valence-corrected chi connectivity index (χ3v) is 4.74. The lowest BCUT2D eigenvalue weighted by molar-refractivity contribution is 0.139. The van der Waals surface area contributed by atoms with Crippen LogP contribution in [-0.2, 0) is 0 Å². The molecule has 1 unspecified atom stereocenters. The average molecular weight is 328 g/mol. The minimum atomic E-state index is -0.402. The summed E-state index contributed by atoms with van der Waals surface area (Å²) in [6.45, 7) is 6.76. The summed E-state index contributed by atoms with van der Waals surface area (Å²) in [6, 6.07) is 14.8. The molecule has 0 amide bonds. The van der Waals surface area contributed by atoms with Crippen molar-refractivity contribution in [2.24, 2.45) is 0 Å². The van der Waals surface area contributed by atoms with Crippen molar-refractivity contribution in [3.63, 3.8) is 0 Å². The number of aryl methyl sites for hydroxylation is 1. The molecule has 2 aromatic carbocycles. The molecule has 0 aromatic heterocycles. The van der Waals surface area contributed by atoms with E-state index >= 15 is 0 Å². The molecule has 1 heterocycles. The second-order valence-electron chi connectivity index (χ2n) is 6.52. The van der Waals surface area contributed by atoms with Gasteiger partial charge in [0, 0.05) is 38.4 Å². The third-order valence-electron chi connectivity index (χ3n) is 4.74. The molecule has 1 saturated heterocycles. The van der Waals surface area contributed by atoms with Crippen LogP contribution >= 0.6 is 0 Å². The highest BCUT2D eigenvalue weighted by Gasteiger charge is 2.18. The topological polar surface area (TPSA) is 26.7 Å². The Morgan fingerprint density at radius 2 is 1.58 bits per heavy atom. The highest BCUT2D eigenvalue weighted by molar-refractivity contribution is 5.46. The van der Waals surface area contributed by atoms with Gasteiger partial charge in [0.25, 0.3) is 0 Å². The minimum Gasteiger partial charge on any atom is -0.388 e. The predicted octanol–water partition coefficient (Wildman–Crippen LogP) is 3.38. The van der Waals surface area contributed by atoms with Gasteiger partial charge in [-0.2, -0.15) is 0 Å². The average Bonchev–Trinajstić information content (AvgIpc) is 2.61. The van der Waals surface area contributed by atoms with Crippen LogP contribution in [0.2, 0.25) is 0 Å². The van der Waals surface area contributed by atoms with E-state index in [2.05, 4.69) is 16.7 Å². The molecular weight excluding hydrogens is 303 g/mol. The molecule has 0 bridgehead atoms. The second kappa shape index (κ2) is 7.77. The second-order valence-corrected chi connectivity index (χ2v) is 6.52. The maximum absolute atomic E-state index is 13.0. The lowest BCUT2D eigenvalue weighted by Crippen LogP contribution is -2.46. The van der Waals surface area contributed by atoms with Crippen LogP contribution in [0, 0.1) is 12.7 Å². The van der Waals surface area contributed by atoms with Gasteiger partial charge in [-0.15, -0.1) is 0 Å². The Balaban J connectivity index is 1.45. The molecule has 24 heavy (non-hydrogen) atoms. The van der Waals surface area contributed by atoms with Crippen molar-refractivity contribution < 1.29 is 9.50 Å². The number of benzene rings is 2. The van der Waals surface area contributed by atoms with E-state index in [1.54, 1.807) is 0 Å². The van der Waals surface area contributed by atoms with Gasteiger partial charge >= 0.3 is 0 Å². The van der Waals surface area contributed by atoms with Crippen LogP contribution in [0.25, 0.3) is 0 Å². The highest BCUT2D eigenvalue weighted by atomic mass is 19.1. The van der Waals surface area contributed by atoms with Crippen molar-refractivity contribution in [2.45, 2.75) is 19.4 Å². The van der Waals surface area contributed by atoms with Crippen LogP contribution in [0.15, 0.2) is 48.5 Å². The number of anilines is 1. The standard InChI is InChI=1S/C20H25FN2O/c1-16-2-4-17(5-3-16)20(24)10-11-22-12-14-23(15-13-22)19-8-6-18(21)7-9-19/h2-9,20,24H,10-15H2,1H3. The van der Waals surface area contributed by atoms with E-state index in [-0.39, 0.29) is 5.82 Å². The molecule has 1 fully saturated rings. The largest absolute Gasteiger partial charge is 0.388 e. The maximum Gasteiger partial charge on any atom is 0.123 e. The zero-order valence-electron chi connectivity index (χ0n) is 14.2. The lowest BCUT2D eigenvalue weighted by atomic mass is 10.0. The SMILES string of the molecule is Cc1ccc(C(O)CCN2CCN(c3ccc(F)cc3)CC2)cc1. The first-order valence-corrected chi connectivity index (χ1v) is 8.59. The van der Waals surface area contributed by atoms with Crippen LogP contribution < -0.4 is 4.90 Å². The summed E-state index contributed by atoms with van der Waals surface area (Å²) in [5.41, 5.74) is 3.28. The van der Waals surface area contributed by atoms with E-state index in [1.807, 2.05) is 36.4 Å². The first-order chi connectivity index (χ1) is 11.6. The lowest BCUT2D eigenvalue weighted by Gasteiger charge is -2.36. The fourth-order valence-electron chi connectivity index (χ4n) is 3.14. The molecule has 0 saturated carbocycles. The molecule has 4 heteroatoms. The summed E-state index contributed by atoms with van der Waals surface area (Å²) in [5.74, 6) is -0.192. The van der Waals surface area contributed by atoms with Crippen molar-refractivity contribution in [1.29, 1.82) is 0 Å². The van der Waals surface area contributed by atoms with Gasteiger partial charge in [-0.05, 0) is 43.2 Å². The molecule has 128 valence electrons. The number of piperazine rings is 1. The predicted molar refractivity (Wildman–Crippen MR) is 95.8 cm³/mol. The van der Waals surface area contributed by atoms with Crippen molar-refractivity contribution in [2.75, 3.05) is 37.6 Å². The van der Waals surface area contributed by atoms with Crippen molar-refractivity contribution in [3.8, 4) is 0 Å². The smallest absolute Gasteiger partial charge is 0.123 e. The van der Waals surface area contributed by atoms with Gasteiger partial charge in [-0.1, -0.05) is 29.8 Å². The number of nitrogens with zero attached hydrogens (tertiary/aromatic N) is 2. The summed E-state index contributed by atoms with van der Waals surface area (Å²) >= 11 is 0. The van der Waals surface area contributed by atoms with Gasteiger partial charge in [0.05, 0.1) is 6.10 Å². The Bertz CT molecular complexity index is 634. The monoisotopic (exact) mass is 328 g/mol. The Morgan fingerprint density at radius 3 is 2.21 bits per heavy atom. The maximum atomic E-state index is 13.0. The van der Waals surface area contributed by atoms with Gasteiger partial charge in [0.1, 0.15) is 5.82 Å². The number of hydrogen-bond donors (Lipinski definition) is 1. The molecule has 0 aliphatic carbocycles. The number of hydrogen-bond acceptors (Lipinski definition) is 3. The van der Waals surface area contributed by atoms with E-state index in [1.165, 1.54) is 17.7 Å². The number of rotatable bonds is 5. The summed E-state index contributed by atoms with van der Waals surface area (Å²) in [6.07, 6.45) is 0.348. The summed E-state index contributed by atoms with van der Waals surface area (Å²) in [7, 11) is 0. The molecule has 1 atom stereocenters. The zero-order valence-corrected chi connectivity index (χ0v) is 14.2. The normalized spacial score (nSPS) is 17.0. The zero-order chi connectivity index (χ0) is 16.9. The summed E-state index contributed by atoms with van der Waals surface area (Å²) in [4.78, 5) is 4.67. The van der Waals surface area contributed by atoms with Crippen molar-refractivity contribution >= 4 is 5.69 Å². The van der Waals surface area contributed by atoms with E-state index in [4.69, 9.17) is 0 Å². The van der Waals surface area contributed by atoms with Crippen molar-refractivity contribution in [1.82, 2.24) is 4.90 Å². The van der Waals surface area contributed by atoms with E-state index in [0.717, 1.165) is 50.4 Å². The Labute approximate surface area is 143 Å². The Kier molecular flexibility index (Phi) is 5.48. The molecular formula is C20H25FN2O. The summed E-state index contributed by atoms with van der Waals surface area (Å²) < 4.78 is 13.0. The van der Waals surface area contributed by atoms with Crippen LogP contribution in [0.3, 0.4) is 0 Å². The first kappa shape index (κ1) is 16.9. The molecule has 3 rings (SSSR count). The van der Waals surface area contributed by atoms with Crippen LogP contribution in [0.4, 0.5) is 10.1 Å². The molecule has 0 radical (unpaired) electrons. The molecule has 2 aromatic rings. The molecule has 0 spiro atoms. The van der Waals surface area contributed by atoms with Gasteiger partial charge in [0.15, 0.2) is 0 Å². The van der Waals surface area contributed by atoms with Crippen molar-refractivity contribution in [3.05, 3.63) is 65.5 Å². The van der Waals surface area contributed by atoms with E-state index in [9.17, 15) is 9.50 Å². The molecule has 1 aliphatic heterocycles. The Morgan fingerprint density at radius 1 is 0.958 bits per heavy atom. The van der Waals surface area contributed by atoms with Gasteiger partial charge in [-0.25, -0.2) is 4.39 Å². The molecule has 1 aliphatic rings. The fraction of sp³-hybridized carbons (Fsp3) is 0.400. The highest BCUT2D eigenvalue weighted by Crippen LogP contribution is 2.20. The van der Waals surface area contributed by atoms with E-state index in [0.29, 0.717) is 0 Å². The number of halogens is 1. The van der Waals surface area contributed by atoms with Crippen LogP contribution in [-0.4, -0.2) is 42.7 Å². The fourth-order valence-corrected chi connectivity index (χ4v) is 3.14. The van der Waals surface area contributed by atoms with Crippen LogP contribution in [0.5, 0.6) is 0 Å². The number of aliphatic hydroxyl groups is 1. The minimum absolute atomic E-state index is 0.192. The van der Waals surface area contributed by atoms with Crippen LogP contribution in [0.1, 0.15) is 23.7 Å². The van der Waals surface area contributed by atoms with Gasteiger partial charge in [0.2, 0.25) is 0 Å².